The molecule has 4 aromatic rings. The van der Waals surface area contributed by atoms with Crippen molar-refractivity contribution < 1.29 is 9.13 Å². The molecule has 0 bridgehead atoms. The zero-order valence-corrected chi connectivity index (χ0v) is 13.8. The number of nitrogens with zero attached hydrogens (tertiary/aromatic N) is 6. The van der Waals surface area contributed by atoms with E-state index in [1.165, 1.54) is 6.07 Å². The van der Waals surface area contributed by atoms with Gasteiger partial charge in [0.2, 0.25) is 0 Å². The molecule has 0 saturated carbocycles. The number of ether oxygens (including phenoxy) is 1. The number of aromatic nitrogens is 6. The molecule has 0 amide bonds. The second kappa shape index (κ2) is 5.91. The van der Waals surface area contributed by atoms with Crippen molar-refractivity contribution in [2.45, 2.75) is 19.3 Å². The van der Waals surface area contributed by atoms with E-state index >= 15 is 0 Å². The molecule has 0 aliphatic carbocycles. The van der Waals surface area contributed by atoms with Crippen LogP contribution >= 0.6 is 0 Å². The molecule has 7 nitrogen and oxygen atoms in total. The molecule has 0 atom stereocenters. The van der Waals surface area contributed by atoms with Gasteiger partial charge in [0.05, 0.1) is 12.8 Å². The molecule has 8 heteroatoms. The SMILES string of the molecule is Fc1ccc2c(c1CCc1ncc(-n3cccn3)c3nncn13)CCO2. The Morgan fingerprint density at radius 2 is 2.19 bits per heavy atom. The van der Waals surface area contributed by atoms with Crippen LogP contribution < -0.4 is 4.74 Å². The van der Waals surface area contributed by atoms with E-state index in [-0.39, 0.29) is 5.82 Å². The predicted molar refractivity (Wildman–Crippen MR) is 90.9 cm³/mol. The lowest BCUT2D eigenvalue weighted by Crippen LogP contribution is -2.08. The number of rotatable bonds is 4. The molecule has 4 heterocycles. The molecule has 1 aromatic carbocycles. The van der Waals surface area contributed by atoms with Gasteiger partial charge in [-0.15, -0.1) is 10.2 Å². The molecule has 0 unspecified atom stereocenters. The Morgan fingerprint density at radius 3 is 3.08 bits per heavy atom. The van der Waals surface area contributed by atoms with Crippen molar-refractivity contribution >= 4 is 5.65 Å². The van der Waals surface area contributed by atoms with Crippen molar-refractivity contribution in [3.8, 4) is 11.4 Å². The summed E-state index contributed by atoms with van der Waals surface area (Å²) in [6, 6.07) is 5.01. The number of hydrogen-bond donors (Lipinski definition) is 0. The third kappa shape index (κ3) is 2.33. The first-order chi connectivity index (χ1) is 12.8. The predicted octanol–water partition coefficient (Wildman–Crippen LogP) is 2.17. The van der Waals surface area contributed by atoms with Crippen LogP contribution in [0.1, 0.15) is 17.0 Å². The molecule has 1 aliphatic heterocycles. The molecule has 0 saturated heterocycles. The standard InChI is InChI=1S/C18H15FN6O/c19-14-3-4-16-13(6-9-26-16)12(14)2-5-17-20-10-15(25-8-1-7-22-25)18-23-21-11-24(17)18/h1,3-4,7-8,10-11H,2,5-6,9H2. The summed E-state index contributed by atoms with van der Waals surface area (Å²) in [6.07, 6.45) is 8.73. The Morgan fingerprint density at radius 1 is 1.23 bits per heavy atom. The summed E-state index contributed by atoms with van der Waals surface area (Å²) in [6.45, 7) is 0.609. The second-order valence-electron chi connectivity index (χ2n) is 6.14. The monoisotopic (exact) mass is 350 g/mol. The van der Waals surface area contributed by atoms with Crippen LogP contribution in [0.15, 0.2) is 43.1 Å². The first kappa shape index (κ1) is 15.0. The summed E-state index contributed by atoms with van der Waals surface area (Å²) in [4.78, 5) is 4.54. The molecule has 26 heavy (non-hydrogen) atoms. The Hall–Kier alpha value is -3.29. The summed E-state index contributed by atoms with van der Waals surface area (Å²) in [5, 5.41) is 12.4. The third-order valence-electron chi connectivity index (χ3n) is 4.68. The number of hydrogen-bond acceptors (Lipinski definition) is 5. The van der Waals surface area contributed by atoms with Gasteiger partial charge in [-0.2, -0.15) is 5.10 Å². The second-order valence-corrected chi connectivity index (χ2v) is 6.14. The normalized spacial score (nSPS) is 13.1. The van der Waals surface area contributed by atoms with E-state index in [9.17, 15) is 4.39 Å². The summed E-state index contributed by atoms with van der Waals surface area (Å²) in [5.74, 6) is 1.37. The molecule has 5 rings (SSSR count). The lowest BCUT2D eigenvalue weighted by Gasteiger charge is -2.10. The van der Waals surface area contributed by atoms with Crippen LogP contribution in [0.4, 0.5) is 4.39 Å². The molecule has 3 aromatic heterocycles. The maximum absolute atomic E-state index is 14.3. The number of aryl methyl sites for hydroxylation is 1. The molecular weight excluding hydrogens is 335 g/mol. The molecule has 0 radical (unpaired) electrons. The zero-order chi connectivity index (χ0) is 17.5. The van der Waals surface area contributed by atoms with Gasteiger partial charge in [-0.25, -0.2) is 14.1 Å². The average molecular weight is 350 g/mol. The van der Waals surface area contributed by atoms with E-state index in [0.717, 1.165) is 29.2 Å². The van der Waals surface area contributed by atoms with E-state index in [4.69, 9.17) is 4.74 Å². The van der Waals surface area contributed by atoms with Crippen molar-refractivity contribution in [1.29, 1.82) is 0 Å². The number of benzene rings is 1. The van der Waals surface area contributed by atoms with Gasteiger partial charge in [-0.05, 0) is 30.2 Å². The first-order valence-electron chi connectivity index (χ1n) is 8.42. The summed E-state index contributed by atoms with van der Waals surface area (Å²) in [7, 11) is 0. The Bertz CT molecular complexity index is 1090. The van der Waals surface area contributed by atoms with Crippen LogP contribution in [0, 0.1) is 5.82 Å². The highest BCUT2D eigenvalue weighted by Gasteiger charge is 2.20. The first-order valence-corrected chi connectivity index (χ1v) is 8.42. The summed E-state index contributed by atoms with van der Waals surface area (Å²) in [5.41, 5.74) is 3.09. The number of halogens is 1. The van der Waals surface area contributed by atoms with Gasteiger partial charge < -0.3 is 4.74 Å². The van der Waals surface area contributed by atoms with E-state index in [1.54, 1.807) is 29.5 Å². The molecule has 0 fully saturated rings. The molecule has 1 aliphatic rings. The zero-order valence-electron chi connectivity index (χ0n) is 13.8. The Balaban J connectivity index is 1.49. The van der Waals surface area contributed by atoms with Crippen LogP contribution in [0.25, 0.3) is 11.3 Å². The average Bonchev–Trinajstić information content (AvgIpc) is 3.40. The van der Waals surface area contributed by atoms with Gasteiger partial charge >= 0.3 is 0 Å². The van der Waals surface area contributed by atoms with Gasteiger partial charge in [0.15, 0.2) is 5.65 Å². The fraction of sp³-hybridized carbons (Fsp3) is 0.222. The minimum absolute atomic E-state index is 0.192. The van der Waals surface area contributed by atoms with Crippen molar-refractivity contribution in [3.63, 3.8) is 0 Å². The summed E-state index contributed by atoms with van der Waals surface area (Å²) >= 11 is 0. The van der Waals surface area contributed by atoms with E-state index in [0.29, 0.717) is 30.7 Å². The minimum atomic E-state index is -0.192. The Labute approximate surface area is 148 Å². The molecular formula is C18H15FN6O. The van der Waals surface area contributed by atoms with Crippen LogP contribution in [0.3, 0.4) is 0 Å². The van der Waals surface area contributed by atoms with Gasteiger partial charge in [-0.3, -0.25) is 4.40 Å². The third-order valence-corrected chi connectivity index (χ3v) is 4.68. The highest BCUT2D eigenvalue weighted by Crippen LogP contribution is 2.31. The van der Waals surface area contributed by atoms with E-state index in [2.05, 4.69) is 20.3 Å². The van der Waals surface area contributed by atoms with Gasteiger partial charge in [0.25, 0.3) is 0 Å². The lowest BCUT2D eigenvalue weighted by molar-refractivity contribution is 0.356. The maximum atomic E-state index is 14.3. The van der Waals surface area contributed by atoms with Crippen LogP contribution in [-0.2, 0) is 19.3 Å². The number of fused-ring (bicyclic) bond motifs is 2. The topological polar surface area (TPSA) is 70.1 Å². The van der Waals surface area contributed by atoms with Gasteiger partial charge in [-0.1, -0.05) is 0 Å². The van der Waals surface area contributed by atoms with Gasteiger partial charge in [0, 0.05) is 30.8 Å². The van der Waals surface area contributed by atoms with E-state index in [1.807, 2.05) is 16.7 Å². The highest BCUT2D eigenvalue weighted by molar-refractivity contribution is 5.56. The molecule has 130 valence electrons. The fourth-order valence-electron chi connectivity index (χ4n) is 3.43. The summed E-state index contributed by atoms with van der Waals surface area (Å²) < 4.78 is 23.4. The largest absolute Gasteiger partial charge is 0.493 e. The van der Waals surface area contributed by atoms with Crippen LogP contribution in [0.5, 0.6) is 5.75 Å². The van der Waals surface area contributed by atoms with Crippen molar-refractivity contribution in [3.05, 3.63) is 65.9 Å². The highest BCUT2D eigenvalue weighted by atomic mass is 19.1. The lowest BCUT2D eigenvalue weighted by atomic mass is 10.00. The molecule has 0 spiro atoms. The smallest absolute Gasteiger partial charge is 0.189 e. The quantitative estimate of drug-likeness (QED) is 0.564. The Kier molecular flexibility index (Phi) is 3.41. The minimum Gasteiger partial charge on any atom is -0.493 e. The maximum Gasteiger partial charge on any atom is 0.189 e. The van der Waals surface area contributed by atoms with Crippen LogP contribution in [-0.4, -0.2) is 36.0 Å². The van der Waals surface area contributed by atoms with Crippen molar-refractivity contribution in [1.82, 2.24) is 29.4 Å². The van der Waals surface area contributed by atoms with Gasteiger partial charge in [0.1, 0.15) is 29.4 Å². The molecule has 0 N–H and O–H groups in total. The van der Waals surface area contributed by atoms with Crippen molar-refractivity contribution in [2.24, 2.45) is 0 Å². The van der Waals surface area contributed by atoms with Crippen LogP contribution in [0.2, 0.25) is 0 Å². The van der Waals surface area contributed by atoms with E-state index < -0.39 is 0 Å². The van der Waals surface area contributed by atoms with Crippen molar-refractivity contribution in [2.75, 3.05) is 6.61 Å². The fourth-order valence-corrected chi connectivity index (χ4v) is 3.43.